The van der Waals surface area contributed by atoms with Crippen LogP contribution in [0.3, 0.4) is 0 Å². The van der Waals surface area contributed by atoms with Gasteiger partial charge < -0.3 is 15.5 Å². The number of hydrogen-bond acceptors (Lipinski definition) is 5. The van der Waals surface area contributed by atoms with Crippen molar-refractivity contribution in [2.45, 2.75) is 33.2 Å². The molecule has 0 spiro atoms. The van der Waals surface area contributed by atoms with E-state index in [1.54, 1.807) is 6.33 Å². The Morgan fingerprint density at radius 2 is 2.00 bits per heavy atom. The number of likely N-dealkylation sites (N-methyl/N-ethyl adjacent to an activating group) is 1. The van der Waals surface area contributed by atoms with Crippen LogP contribution in [0.5, 0.6) is 0 Å². The molecule has 0 radical (unpaired) electrons. The predicted octanol–water partition coefficient (Wildman–Crippen LogP) is 1.98. The van der Waals surface area contributed by atoms with Gasteiger partial charge in [-0.1, -0.05) is 13.8 Å². The molecule has 0 aliphatic heterocycles. The second kappa shape index (κ2) is 6.70. The summed E-state index contributed by atoms with van der Waals surface area (Å²) in [6.07, 6.45) is 1.61. The smallest absolute Gasteiger partial charge is 0.133 e. The third-order valence-corrected chi connectivity index (χ3v) is 3.07. The number of nitrogens with one attached hydrogen (secondary N) is 2. The summed E-state index contributed by atoms with van der Waals surface area (Å²) in [5.41, 5.74) is 0.0367. The summed E-state index contributed by atoms with van der Waals surface area (Å²) in [5, 5.41) is 6.60. The molecule has 0 unspecified atom stereocenters. The van der Waals surface area contributed by atoms with Crippen LogP contribution in [0.15, 0.2) is 12.4 Å². The minimum Gasteiger partial charge on any atom is -0.368 e. The highest BCUT2D eigenvalue weighted by atomic mass is 15.2. The lowest BCUT2D eigenvalue weighted by atomic mass is 10.1. The highest BCUT2D eigenvalue weighted by Gasteiger charge is 2.14. The molecule has 0 atom stereocenters. The van der Waals surface area contributed by atoms with E-state index in [0.29, 0.717) is 5.92 Å². The van der Waals surface area contributed by atoms with Gasteiger partial charge in [-0.2, -0.15) is 0 Å². The molecule has 0 saturated carbocycles. The van der Waals surface area contributed by atoms with E-state index in [4.69, 9.17) is 0 Å². The number of anilines is 2. The van der Waals surface area contributed by atoms with Crippen LogP contribution in [0.25, 0.3) is 0 Å². The fourth-order valence-electron chi connectivity index (χ4n) is 1.69. The first-order valence-electron chi connectivity index (χ1n) is 6.80. The zero-order valence-electron chi connectivity index (χ0n) is 13.0. The molecule has 0 fully saturated rings. The van der Waals surface area contributed by atoms with Gasteiger partial charge in [0.2, 0.25) is 0 Å². The summed E-state index contributed by atoms with van der Waals surface area (Å²) in [4.78, 5) is 10.7. The third kappa shape index (κ3) is 5.42. The standard InChI is InChI=1S/C14H27N5/c1-11(2)8-19(6)13-7-12(17-10-18-13)16-9-14(3,4)15-5/h7,10-11,15H,8-9H2,1-6H3,(H,16,17,18). The van der Waals surface area contributed by atoms with Crippen LogP contribution < -0.4 is 15.5 Å². The number of nitrogens with zero attached hydrogens (tertiary/aromatic N) is 3. The van der Waals surface area contributed by atoms with Crippen LogP contribution >= 0.6 is 0 Å². The summed E-state index contributed by atoms with van der Waals surface area (Å²) in [6, 6.07) is 1.99. The van der Waals surface area contributed by atoms with Gasteiger partial charge in [0.15, 0.2) is 0 Å². The van der Waals surface area contributed by atoms with Gasteiger partial charge in [-0.25, -0.2) is 9.97 Å². The Labute approximate surface area is 116 Å². The quantitative estimate of drug-likeness (QED) is 0.789. The van der Waals surface area contributed by atoms with Gasteiger partial charge in [0.1, 0.15) is 18.0 Å². The first-order chi connectivity index (χ1) is 8.84. The van der Waals surface area contributed by atoms with Gasteiger partial charge in [0.25, 0.3) is 0 Å². The Balaban J connectivity index is 2.67. The van der Waals surface area contributed by atoms with E-state index in [1.165, 1.54) is 0 Å². The first kappa shape index (κ1) is 15.7. The summed E-state index contributed by atoms with van der Waals surface area (Å²) in [7, 11) is 4.02. The van der Waals surface area contributed by atoms with E-state index >= 15 is 0 Å². The Bertz CT molecular complexity index is 389. The van der Waals surface area contributed by atoms with E-state index in [9.17, 15) is 0 Å². The maximum absolute atomic E-state index is 4.32. The summed E-state index contributed by atoms with van der Waals surface area (Å²) in [5.74, 6) is 2.43. The highest BCUT2D eigenvalue weighted by Crippen LogP contribution is 2.14. The lowest BCUT2D eigenvalue weighted by Crippen LogP contribution is -2.42. The summed E-state index contributed by atoms with van der Waals surface area (Å²) in [6.45, 7) is 10.5. The van der Waals surface area contributed by atoms with Gasteiger partial charge in [0.05, 0.1) is 0 Å². The lowest BCUT2D eigenvalue weighted by molar-refractivity contribution is 0.447. The molecule has 0 aliphatic carbocycles. The van der Waals surface area contributed by atoms with Crippen LogP contribution in [-0.2, 0) is 0 Å². The molecule has 1 aromatic rings. The van der Waals surface area contributed by atoms with Gasteiger partial charge in [-0.3, -0.25) is 0 Å². The van der Waals surface area contributed by atoms with Crippen LogP contribution in [0.4, 0.5) is 11.6 Å². The second-order valence-corrected chi connectivity index (χ2v) is 6.02. The van der Waals surface area contributed by atoms with Crippen LogP contribution in [0.1, 0.15) is 27.7 Å². The maximum atomic E-state index is 4.32. The average molecular weight is 265 g/mol. The monoisotopic (exact) mass is 265 g/mol. The molecule has 2 N–H and O–H groups in total. The largest absolute Gasteiger partial charge is 0.368 e. The molecule has 108 valence electrons. The van der Waals surface area contributed by atoms with Crippen molar-refractivity contribution in [3.63, 3.8) is 0 Å². The SMILES string of the molecule is CNC(C)(C)CNc1cc(N(C)CC(C)C)ncn1. The predicted molar refractivity (Wildman–Crippen MR) is 81.8 cm³/mol. The van der Waals surface area contributed by atoms with Crippen LogP contribution in [-0.4, -0.2) is 42.7 Å². The molecule has 0 bridgehead atoms. The van der Waals surface area contributed by atoms with Crippen molar-refractivity contribution in [1.82, 2.24) is 15.3 Å². The van der Waals surface area contributed by atoms with Crippen molar-refractivity contribution >= 4 is 11.6 Å². The molecule has 1 heterocycles. The van der Waals surface area contributed by atoms with E-state index in [2.05, 4.69) is 60.2 Å². The zero-order valence-corrected chi connectivity index (χ0v) is 13.0. The molecule has 5 heteroatoms. The van der Waals surface area contributed by atoms with Crippen molar-refractivity contribution in [3.8, 4) is 0 Å². The van der Waals surface area contributed by atoms with Crippen molar-refractivity contribution in [3.05, 3.63) is 12.4 Å². The van der Waals surface area contributed by atoms with E-state index in [-0.39, 0.29) is 5.54 Å². The molecule has 19 heavy (non-hydrogen) atoms. The van der Waals surface area contributed by atoms with E-state index in [1.807, 2.05) is 13.1 Å². The molecule has 0 aliphatic rings. The van der Waals surface area contributed by atoms with Gasteiger partial charge in [-0.15, -0.1) is 0 Å². The number of aromatic nitrogens is 2. The molecular weight excluding hydrogens is 238 g/mol. The van der Waals surface area contributed by atoms with E-state index < -0.39 is 0 Å². The molecule has 1 rings (SSSR count). The lowest BCUT2D eigenvalue weighted by Gasteiger charge is -2.25. The molecule has 5 nitrogen and oxygen atoms in total. The fourth-order valence-corrected chi connectivity index (χ4v) is 1.69. The molecular formula is C14H27N5. The van der Waals surface area contributed by atoms with Crippen LogP contribution in [0, 0.1) is 5.92 Å². The fraction of sp³-hybridized carbons (Fsp3) is 0.714. The molecule has 0 saturated heterocycles. The normalized spacial score (nSPS) is 11.7. The maximum Gasteiger partial charge on any atom is 0.133 e. The Morgan fingerprint density at radius 1 is 1.32 bits per heavy atom. The van der Waals surface area contributed by atoms with Crippen LogP contribution in [0.2, 0.25) is 0 Å². The average Bonchev–Trinajstić information content (AvgIpc) is 2.36. The van der Waals surface area contributed by atoms with Crippen molar-refractivity contribution in [2.75, 3.05) is 37.4 Å². The van der Waals surface area contributed by atoms with Crippen molar-refractivity contribution < 1.29 is 0 Å². The van der Waals surface area contributed by atoms with Gasteiger partial charge >= 0.3 is 0 Å². The molecule has 1 aromatic heterocycles. The minimum atomic E-state index is 0.0367. The Kier molecular flexibility index (Phi) is 5.54. The summed E-state index contributed by atoms with van der Waals surface area (Å²) < 4.78 is 0. The minimum absolute atomic E-state index is 0.0367. The number of hydrogen-bond donors (Lipinski definition) is 2. The first-order valence-corrected chi connectivity index (χ1v) is 6.80. The number of rotatable bonds is 7. The molecule has 0 aromatic carbocycles. The molecule has 0 amide bonds. The third-order valence-electron chi connectivity index (χ3n) is 3.07. The van der Waals surface area contributed by atoms with Gasteiger partial charge in [0, 0.05) is 31.7 Å². The summed E-state index contributed by atoms with van der Waals surface area (Å²) >= 11 is 0. The van der Waals surface area contributed by atoms with E-state index in [0.717, 1.165) is 24.7 Å². The van der Waals surface area contributed by atoms with Gasteiger partial charge in [-0.05, 0) is 26.8 Å². The van der Waals surface area contributed by atoms with Crippen molar-refractivity contribution in [1.29, 1.82) is 0 Å². The Morgan fingerprint density at radius 3 is 2.58 bits per heavy atom. The highest BCUT2D eigenvalue weighted by molar-refractivity contribution is 5.48. The zero-order chi connectivity index (χ0) is 14.5. The van der Waals surface area contributed by atoms with Crippen molar-refractivity contribution in [2.24, 2.45) is 5.92 Å². The Hall–Kier alpha value is -1.36. The second-order valence-electron chi connectivity index (χ2n) is 6.02. The topological polar surface area (TPSA) is 53.1 Å².